The summed E-state index contributed by atoms with van der Waals surface area (Å²) in [6.45, 7) is 4.81. The number of hydrogen-bond donors (Lipinski definition) is 1. The summed E-state index contributed by atoms with van der Waals surface area (Å²) in [4.78, 5) is 12.3. The second-order valence-corrected chi connectivity index (χ2v) is 9.35. The maximum Gasteiger partial charge on any atom is 0.309 e. The maximum atomic E-state index is 12.3. The molecule has 0 unspecified atom stereocenters. The number of rotatable bonds is 1. The highest BCUT2D eigenvalue weighted by atomic mass is 16.5. The molecule has 3 fully saturated rings. The minimum atomic E-state index is -0.134. The second kappa shape index (κ2) is 5.59. The average molecular weight is 332 g/mol. The van der Waals surface area contributed by atoms with Crippen molar-refractivity contribution in [3.63, 3.8) is 0 Å². The molecule has 0 amide bonds. The predicted octanol–water partition coefficient (Wildman–Crippen LogP) is 4.10. The van der Waals surface area contributed by atoms with Crippen LogP contribution < -0.4 is 0 Å². The van der Waals surface area contributed by atoms with Crippen molar-refractivity contribution >= 4 is 5.97 Å². The third kappa shape index (κ3) is 2.16. The van der Waals surface area contributed by atoms with Crippen LogP contribution in [0.25, 0.3) is 0 Å². The molecule has 0 saturated heterocycles. The molecule has 0 spiro atoms. The van der Waals surface area contributed by atoms with Gasteiger partial charge in [0.2, 0.25) is 0 Å². The molecule has 3 heteroatoms. The molecule has 0 bridgehead atoms. The lowest BCUT2D eigenvalue weighted by Gasteiger charge is -2.57. The van der Waals surface area contributed by atoms with Gasteiger partial charge in [-0.2, -0.15) is 0 Å². The van der Waals surface area contributed by atoms with Crippen LogP contribution in [0.1, 0.15) is 65.2 Å². The highest BCUT2D eigenvalue weighted by molar-refractivity contribution is 5.73. The van der Waals surface area contributed by atoms with Crippen molar-refractivity contribution in [2.24, 2.45) is 34.5 Å². The van der Waals surface area contributed by atoms with Gasteiger partial charge in [0.05, 0.1) is 19.1 Å². The highest BCUT2D eigenvalue weighted by Crippen LogP contribution is 2.66. The van der Waals surface area contributed by atoms with Gasteiger partial charge in [0, 0.05) is 0 Å². The second-order valence-electron chi connectivity index (χ2n) is 9.35. The number of carbonyl (C=O) groups is 1. The molecule has 3 nitrogen and oxygen atoms in total. The molecular weight excluding hydrogens is 300 g/mol. The van der Waals surface area contributed by atoms with Gasteiger partial charge in [0.25, 0.3) is 0 Å². The van der Waals surface area contributed by atoms with E-state index in [1.54, 1.807) is 0 Å². The third-order valence-electron chi connectivity index (χ3n) is 8.56. The molecular formula is C21H32O3. The lowest BCUT2D eigenvalue weighted by atomic mass is 9.47. The number of hydrogen-bond acceptors (Lipinski definition) is 3. The van der Waals surface area contributed by atoms with Gasteiger partial charge in [-0.1, -0.05) is 25.5 Å². The number of aliphatic hydroxyl groups excluding tert-OH is 1. The number of fused-ring (bicyclic) bond motifs is 5. The largest absolute Gasteiger partial charge is 0.469 e. The van der Waals surface area contributed by atoms with E-state index in [-0.39, 0.29) is 28.8 Å². The first-order valence-electron chi connectivity index (χ1n) is 9.85. The first kappa shape index (κ1) is 16.6. The topological polar surface area (TPSA) is 46.5 Å². The molecule has 4 aliphatic rings. The molecule has 4 aliphatic carbocycles. The molecule has 7 atom stereocenters. The summed E-state index contributed by atoms with van der Waals surface area (Å²) in [5.74, 6) is 2.21. The van der Waals surface area contributed by atoms with Gasteiger partial charge in [-0.3, -0.25) is 4.79 Å². The van der Waals surface area contributed by atoms with E-state index in [1.165, 1.54) is 25.5 Å². The number of aliphatic hydroxyl groups is 1. The van der Waals surface area contributed by atoms with Crippen molar-refractivity contribution in [3.05, 3.63) is 11.6 Å². The van der Waals surface area contributed by atoms with Gasteiger partial charge < -0.3 is 9.84 Å². The van der Waals surface area contributed by atoms with Crippen molar-refractivity contribution in [2.75, 3.05) is 7.11 Å². The first-order valence-corrected chi connectivity index (χ1v) is 9.85. The van der Waals surface area contributed by atoms with E-state index in [9.17, 15) is 9.90 Å². The Kier molecular flexibility index (Phi) is 3.87. The van der Waals surface area contributed by atoms with Gasteiger partial charge in [-0.15, -0.1) is 0 Å². The predicted molar refractivity (Wildman–Crippen MR) is 93.2 cm³/mol. The summed E-state index contributed by atoms with van der Waals surface area (Å²) in [6, 6.07) is 0. The van der Waals surface area contributed by atoms with E-state index in [4.69, 9.17) is 4.74 Å². The van der Waals surface area contributed by atoms with Crippen LogP contribution in [0.3, 0.4) is 0 Å². The minimum Gasteiger partial charge on any atom is -0.469 e. The standard InChI is InChI=1S/C21H32O3/c1-20-10-8-14(22)12-13(20)4-5-15-16-6-7-18(19(23)24-3)21(16,2)11-9-17(15)20/h4,14-18,22H,5-12H2,1-3H3/t14-,15+,16-,17-,18+,20+,21+/m1/s1. The summed E-state index contributed by atoms with van der Waals surface area (Å²) in [5, 5.41) is 10.1. The number of ether oxygens (including phenoxy) is 1. The Morgan fingerprint density at radius 3 is 2.71 bits per heavy atom. The highest BCUT2D eigenvalue weighted by Gasteiger charge is 2.60. The molecule has 0 radical (unpaired) electrons. The van der Waals surface area contributed by atoms with Crippen molar-refractivity contribution in [1.29, 1.82) is 0 Å². The number of methoxy groups -OCH3 is 1. The normalized spacial score (nSPS) is 50.3. The lowest BCUT2D eigenvalue weighted by Crippen LogP contribution is -2.51. The smallest absolute Gasteiger partial charge is 0.309 e. The van der Waals surface area contributed by atoms with E-state index in [2.05, 4.69) is 19.9 Å². The Labute approximate surface area is 145 Å². The van der Waals surface area contributed by atoms with Crippen molar-refractivity contribution in [1.82, 2.24) is 0 Å². The average Bonchev–Trinajstić information content (AvgIpc) is 2.92. The zero-order valence-electron chi connectivity index (χ0n) is 15.4. The first-order chi connectivity index (χ1) is 11.4. The van der Waals surface area contributed by atoms with Gasteiger partial charge >= 0.3 is 5.97 Å². The van der Waals surface area contributed by atoms with Crippen LogP contribution in [-0.2, 0) is 9.53 Å². The molecule has 0 aromatic rings. The summed E-state index contributed by atoms with van der Waals surface area (Å²) < 4.78 is 5.12. The van der Waals surface area contributed by atoms with E-state index in [1.807, 2.05) is 0 Å². The van der Waals surface area contributed by atoms with Crippen molar-refractivity contribution < 1.29 is 14.6 Å². The Bertz CT molecular complexity index is 567. The van der Waals surface area contributed by atoms with E-state index in [0.29, 0.717) is 11.8 Å². The third-order valence-corrected chi connectivity index (χ3v) is 8.56. The van der Waals surface area contributed by atoms with Crippen LogP contribution in [0, 0.1) is 34.5 Å². The summed E-state index contributed by atoms with van der Waals surface area (Å²) >= 11 is 0. The molecule has 0 heterocycles. The van der Waals surface area contributed by atoms with Crippen molar-refractivity contribution in [2.45, 2.75) is 71.3 Å². The van der Waals surface area contributed by atoms with E-state index < -0.39 is 0 Å². The fourth-order valence-electron chi connectivity index (χ4n) is 7.17. The van der Waals surface area contributed by atoms with Crippen LogP contribution in [-0.4, -0.2) is 24.3 Å². The Morgan fingerprint density at radius 2 is 1.96 bits per heavy atom. The van der Waals surface area contributed by atoms with Crippen LogP contribution in [0.2, 0.25) is 0 Å². The maximum absolute atomic E-state index is 12.3. The summed E-state index contributed by atoms with van der Waals surface area (Å²) in [7, 11) is 1.54. The van der Waals surface area contributed by atoms with Gasteiger partial charge in [-0.25, -0.2) is 0 Å². The number of allylic oxidation sites excluding steroid dienone is 1. The van der Waals surface area contributed by atoms with Crippen molar-refractivity contribution in [3.8, 4) is 0 Å². The van der Waals surface area contributed by atoms with E-state index in [0.717, 1.165) is 44.4 Å². The quantitative estimate of drug-likeness (QED) is 0.581. The summed E-state index contributed by atoms with van der Waals surface area (Å²) in [5.41, 5.74) is 1.94. The molecule has 0 aliphatic heterocycles. The lowest BCUT2D eigenvalue weighted by molar-refractivity contribution is -0.152. The summed E-state index contributed by atoms with van der Waals surface area (Å²) in [6.07, 6.45) is 11.0. The fraction of sp³-hybridized carbons (Fsp3) is 0.857. The monoisotopic (exact) mass is 332 g/mol. The van der Waals surface area contributed by atoms with Crippen LogP contribution in [0.15, 0.2) is 11.6 Å². The molecule has 0 aromatic carbocycles. The fourth-order valence-corrected chi connectivity index (χ4v) is 7.17. The Hall–Kier alpha value is -0.830. The zero-order valence-corrected chi connectivity index (χ0v) is 15.4. The molecule has 134 valence electrons. The molecule has 0 aromatic heterocycles. The number of esters is 1. The molecule has 24 heavy (non-hydrogen) atoms. The van der Waals surface area contributed by atoms with Crippen LogP contribution >= 0.6 is 0 Å². The zero-order chi connectivity index (χ0) is 17.1. The van der Waals surface area contributed by atoms with Gasteiger partial charge in [-0.05, 0) is 80.0 Å². The minimum absolute atomic E-state index is 0.0116. The van der Waals surface area contributed by atoms with E-state index >= 15 is 0 Å². The molecule has 1 N–H and O–H groups in total. The van der Waals surface area contributed by atoms with Gasteiger partial charge in [0.1, 0.15) is 0 Å². The molecule has 4 rings (SSSR count). The molecule has 3 saturated carbocycles. The SMILES string of the molecule is COC(=O)[C@@H]1CC[C@@H]2[C@@H]3CC=C4C[C@H](O)CC[C@]4(C)[C@@H]3CC[C@@]21C. The number of carbonyl (C=O) groups excluding carboxylic acids is 1. The van der Waals surface area contributed by atoms with Gasteiger partial charge in [0.15, 0.2) is 0 Å². The Balaban J connectivity index is 1.64. The Morgan fingerprint density at radius 1 is 1.17 bits per heavy atom. The van der Waals surface area contributed by atoms with Crippen LogP contribution in [0.5, 0.6) is 0 Å². The van der Waals surface area contributed by atoms with Crippen LogP contribution in [0.4, 0.5) is 0 Å².